The molecule has 1 rings (SSSR count). The monoisotopic (exact) mass is 284 g/mol. The number of nitrogens with zero attached hydrogens (tertiary/aromatic N) is 1. The Hall–Kier alpha value is -0.740. The molecule has 3 nitrogen and oxygen atoms in total. The summed E-state index contributed by atoms with van der Waals surface area (Å²) in [5.74, 6) is 0.160. The Labute approximate surface area is 105 Å². The number of Topliss-reactive ketones (excluding diaryl/α,β-unsaturated/α-hetero) is 1. The fourth-order valence-corrected chi connectivity index (χ4v) is 1.58. The van der Waals surface area contributed by atoms with Crippen LogP contribution in [0.1, 0.15) is 26.0 Å². The second-order valence-corrected chi connectivity index (χ2v) is 5.10. The highest BCUT2D eigenvalue weighted by molar-refractivity contribution is 9.10. The fourth-order valence-electron chi connectivity index (χ4n) is 1.34. The third-order valence-electron chi connectivity index (χ3n) is 3.03. The van der Waals surface area contributed by atoms with Gasteiger partial charge in [0.1, 0.15) is 5.78 Å². The number of ketones is 1. The van der Waals surface area contributed by atoms with E-state index in [1.54, 1.807) is 6.20 Å². The van der Waals surface area contributed by atoms with Gasteiger partial charge in [0.2, 0.25) is 0 Å². The van der Waals surface area contributed by atoms with Gasteiger partial charge in [-0.15, -0.1) is 0 Å². The van der Waals surface area contributed by atoms with Gasteiger partial charge in [-0.25, -0.2) is 0 Å². The molecule has 0 aliphatic rings. The molecular formula is C12H17BrN2O. The molecule has 0 aliphatic carbocycles. The molecule has 1 aromatic rings. The van der Waals surface area contributed by atoms with Crippen LogP contribution in [0.4, 0.5) is 0 Å². The molecule has 0 radical (unpaired) electrons. The van der Waals surface area contributed by atoms with Crippen molar-refractivity contribution >= 4 is 21.7 Å². The van der Waals surface area contributed by atoms with Crippen LogP contribution in [0.3, 0.4) is 0 Å². The summed E-state index contributed by atoms with van der Waals surface area (Å²) in [6.45, 7) is 4.28. The van der Waals surface area contributed by atoms with Gasteiger partial charge in [-0.05, 0) is 34.5 Å². The number of rotatable bonds is 5. The lowest BCUT2D eigenvalue weighted by molar-refractivity contribution is -0.127. The summed E-state index contributed by atoms with van der Waals surface area (Å²) < 4.78 is 0.917. The van der Waals surface area contributed by atoms with Crippen molar-refractivity contribution in [3.8, 4) is 0 Å². The third kappa shape index (κ3) is 3.12. The van der Waals surface area contributed by atoms with E-state index in [4.69, 9.17) is 5.73 Å². The van der Waals surface area contributed by atoms with Gasteiger partial charge in [0, 0.05) is 34.7 Å². The standard InChI is InChI=1S/C12H17BrN2O/c1-3-12(2,8-14)11(16)6-10-5-4-9(13)7-15-10/h4-5,7H,3,6,8,14H2,1-2H3. The van der Waals surface area contributed by atoms with Gasteiger partial charge in [-0.3, -0.25) is 9.78 Å². The van der Waals surface area contributed by atoms with Crippen LogP contribution < -0.4 is 5.73 Å². The SMILES string of the molecule is CCC(C)(CN)C(=O)Cc1ccc(Br)cn1. The quantitative estimate of drug-likeness (QED) is 0.903. The van der Waals surface area contributed by atoms with Crippen molar-refractivity contribution in [3.05, 3.63) is 28.5 Å². The van der Waals surface area contributed by atoms with Crippen LogP contribution >= 0.6 is 15.9 Å². The van der Waals surface area contributed by atoms with E-state index in [2.05, 4.69) is 20.9 Å². The van der Waals surface area contributed by atoms with E-state index in [0.717, 1.165) is 16.6 Å². The van der Waals surface area contributed by atoms with Gasteiger partial charge in [0.15, 0.2) is 0 Å². The lowest BCUT2D eigenvalue weighted by Crippen LogP contribution is -2.36. The molecule has 0 bridgehead atoms. The van der Waals surface area contributed by atoms with Crippen molar-refractivity contribution in [2.75, 3.05) is 6.54 Å². The Morgan fingerprint density at radius 3 is 2.69 bits per heavy atom. The Morgan fingerprint density at radius 2 is 2.25 bits per heavy atom. The largest absolute Gasteiger partial charge is 0.329 e. The first-order valence-corrected chi connectivity index (χ1v) is 6.15. The number of hydrogen-bond acceptors (Lipinski definition) is 3. The third-order valence-corrected chi connectivity index (χ3v) is 3.50. The van der Waals surface area contributed by atoms with Crippen molar-refractivity contribution in [1.29, 1.82) is 0 Å². The molecule has 16 heavy (non-hydrogen) atoms. The highest BCUT2D eigenvalue weighted by Gasteiger charge is 2.29. The van der Waals surface area contributed by atoms with Crippen molar-refractivity contribution < 1.29 is 4.79 Å². The van der Waals surface area contributed by atoms with E-state index >= 15 is 0 Å². The zero-order valence-corrected chi connectivity index (χ0v) is 11.3. The lowest BCUT2D eigenvalue weighted by Gasteiger charge is -2.24. The molecule has 0 saturated carbocycles. The van der Waals surface area contributed by atoms with Crippen LogP contribution in [-0.4, -0.2) is 17.3 Å². The van der Waals surface area contributed by atoms with E-state index in [9.17, 15) is 4.79 Å². The van der Waals surface area contributed by atoms with Crippen molar-refractivity contribution in [3.63, 3.8) is 0 Å². The molecule has 2 N–H and O–H groups in total. The molecule has 0 amide bonds. The molecule has 0 aliphatic heterocycles. The van der Waals surface area contributed by atoms with E-state index in [0.29, 0.717) is 13.0 Å². The van der Waals surface area contributed by atoms with Gasteiger partial charge in [-0.1, -0.05) is 13.8 Å². The molecular weight excluding hydrogens is 268 g/mol. The first-order valence-electron chi connectivity index (χ1n) is 5.35. The number of hydrogen-bond donors (Lipinski definition) is 1. The molecule has 0 aromatic carbocycles. The summed E-state index contributed by atoms with van der Waals surface area (Å²) in [4.78, 5) is 16.2. The second kappa shape index (κ2) is 5.55. The fraction of sp³-hybridized carbons (Fsp3) is 0.500. The predicted molar refractivity (Wildman–Crippen MR) is 68.1 cm³/mol. The highest BCUT2D eigenvalue weighted by Crippen LogP contribution is 2.22. The van der Waals surface area contributed by atoms with Gasteiger partial charge in [0.05, 0.1) is 0 Å². The number of carbonyl (C=O) groups is 1. The number of pyridine rings is 1. The molecule has 1 atom stereocenters. The van der Waals surface area contributed by atoms with Crippen LogP contribution in [0.2, 0.25) is 0 Å². The predicted octanol–water partition coefficient (Wildman–Crippen LogP) is 2.33. The number of carbonyl (C=O) groups excluding carboxylic acids is 1. The van der Waals surface area contributed by atoms with E-state index in [1.165, 1.54) is 0 Å². The molecule has 88 valence electrons. The van der Waals surface area contributed by atoms with E-state index < -0.39 is 5.41 Å². The summed E-state index contributed by atoms with van der Waals surface area (Å²) in [6.07, 6.45) is 2.82. The van der Waals surface area contributed by atoms with Gasteiger partial charge in [0.25, 0.3) is 0 Å². The van der Waals surface area contributed by atoms with Crippen LogP contribution in [-0.2, 0) is 11.2 Å². The average Bonchev–Trinajstić information content (AvgIpc) is 2.31. The topological polar surface area (TPSA) is 56.0 Å². The van der Waals surface area contributed by atoms with Gasteiger partial charge in [-0.2, -0.15) is 0 Å². The molecule has 0 saturated heterocycles. The van der Waals surface area contributed by atoms with E-state index in [-0.39, 0.29) is 5.78 Å². The Balaban J connectivity index is 2.74. The maximum Gasteiger partial charge on any atom is 0.145 e. The van der Waals surface area contributed by atoms with E-state index in [1.807, 2.05) is 26.0 Å². The maximum absolute atomic E-state index is 12.0. The zero-order valence-electron chi connectivity index (χ0n) is 9.66. The second-order valence-electron chi connectivity index (χ2n) is 4.19. The minimum Gasteiger partial charge on any atom is -0.329 e. The Kier molecular flexibility index (Phi) is 4.62. The van der Waals surface area contributed by atoms with Crippen LogP contribution in [0.15, 0.2) is 22.8 Å². The summed E-state index contributed by atoms with van der Waals surface area (Å²) in [5, 5.41) is 0. The van der Waals surface area contributed by atoms with Crippen LogP contribution in [0.5, 0.6) is 0 Å². The highest BCUT2D eigenvalue weighted by atomic mass is 79.9. The minimum absolute atomic E-state index is 0.160. The molecule has 0 spiro atoms. The summed E-state index contributed by atoms with van der Waals surface area (Å²) in [7, 11) is 0. The van der Waals surface area contributed by atoms with Crippen LogP contribution in [0.25, 0.3) is 0 Å². The Morgan fingerprint density at radius 1 is 1.56 bits per heavy atom. The maximum atomic E-state index is 12.0. The average molecular weight is 285 g/mol. The number of halogens is 1. The molecule has 0 fully saturated rings. The normalized spacial score (nSPS) is 14.5. The number of nitrogens with two attached hydrogens (primary N) is 1. The first kappa shape index (κ1) is 13.3. The minimum atomic E-state index is -0.422. The van der Waals surface area contributed by atoms with Gasteiger partial charge >= 0.3 is 0 Å². The first-order chi connectivity index (χ1) is 7.51. The molecule has 1 heterocycles. The smallest absolute Gasteiger partial charge is 0.145 e. The summed E-state index contributed by atoms with van der Waals surface area (Å²) in [6, 6.07) is 3.75. The molecule has 1 aromatic heterocycles. The summed E-state index contributed by atoms with van der Waals surface area (Å²) in [5.41, 5.74) is 6.02. The molecule has 1 unspecified atom stereocenters. The number of aromatic nitrogens is 1. The summed E-state index contributed by atoms with van der Waals surface area (Å²) >= 11 is 3.31. The van der Waals surface area contributed by atoms with Crippen LogP contribution in [0, 0.1) is 5.41 Å². The molecule has 4 heteroatoms. The lowest BCUT2D eigenvalue weighted by atomic mass is 9.81. The van der Waals surface area contributed by atoms with Crippen molar-refractivity contribution in [2.45, 2.75) is 26.7 Å². The van der Waals surface area contributed by atoms with Gasteiger partial charge < -0.3 is 5.73 Å². The van der Waals surface area contributed by atoms with Crippen molar-refractivity contribution in [1.82, 2.24) is 4.98 Å². The van der Waals surface area contributed by atoms with Crippen molar-refractivity contribution in [2.24, 2.45) is 11.1 Å². The zero-order chi connectivity index (χ0) is 12.2. The Bertz CT molecular complexity index is 358.